The quantitative estimate of drug-likeness (QED) is 0.877. The number of aromatic nitrogens is 1. The third-order valence-electron chi connectivity index (χ3n) is 4.12. The lowest BCUT2D eigenvalue weighted by molar-refractivity contribution is 0.379. The molecule has 2 unspecified atom stereocenters. The molecule has 1 aromatic heterocycles. The van der Waals surface area contributed by atoms with Gasteiger partial charge in [-0.25, -0.2) is 0 Å². The van der Waals surface area contributed by atoms with Crippen LogP contribution in [0.25, 0.3) is 0 Å². The van der Waals surface area contributed by atoms with Crippen LogP contribution in [-0.4, -0.2) is 17.0 Å². The van der Waals surface area contributed by atoms with Crippen LogP contribution in [0.15, 0.2) is 0 Å². The summed E-state index contributed by atoms with van der Waals surface area (Å²) in [6, 6.07) is 0.635. The first-order valence-corrected chi connectivity index (χ1v) is 7.46. The van der Waals surface area contributed by atoms with Crippen LogP contribution in [-0.2, 0) is 0 Å². The Bertz CT molecular complexity index is 411. The van der Waals surface area contributed by atoms with Gasteiger partial charge in [-0.05, 0) is 56.0 Å². The number of hydrogen-bond donors (Lipinski definition) is 1. The predicted octanol–water partition coefficient (Wildman–Crippen LogP) is 3.23. The smallest absolute Gasteiger partial charge is 0.142 e. The molecule has 2 aliphatic rings. The van der Waals surface area contributed by atoms with Gasteiger partial charge in [0.2, 0.25) is 0 Å². The van der Waals surface area contributed by atoms with Crippen LogP contribution in [0.5, 0.6) is 0 Å². The van der Waals surface area contributed by atoms with E-state index in [0.717, 1.165) is 11.7 Å². The molecule has 17 heavy (non-hydrogen) atoms. The summed E-state index contributed by atoms with van der Waals surface area (Å²) in [7, 11) is 0. The molecule has 3 rings (SSSR count). The van der Waals surface area contributed by atoms with Gasteiger partial charge in [-0.1, -0.05) is 6.92 Å². The average Bonchev–Trinajstić information content (AvgIpc) is 3.03. The van der Waals surface area contributed by atoms with Gasteiger partial charge in [0.25, 0.3) is 0 Å². The van der Waals surface area contributed by atoms with Gasteiger partial charge < -0.3 is 10.6 Å². The molecule has 0 aromatic carbocycles. The van der Waals surface area contributed by atoms with E-state index in [4.69, 9.17) is 5.73 Å². The van der Waals surface area contributed by atoms with Gasteiger partial charge >= 0.3 is 0 Å². The van der Waals surface area contributed by atoms with E-state index in [2.05, 4.69) is 23.1 Å². The maximum Gasteiger partial charge on any atom is 0.142 e. The summed E-state index contributed by atoms with van der Waals surface area (Å²) >= 11 is 1.61. The summed E-state index contributed by atoms with van der Waals surface area (Å²) in [5.41, 5.74) is 7.39. The summed E-state index contributed by atoms with van der Waals surface area (Å²) < 4.78 is 4.38. The lowest BCUT2D eigenvalue weighted by Gasteiger charge is -2.37. The first-order valence-electron chi connectivity index (χ1n) is 6.68. The molecule has 1 saturated carbocycles. The topological polar surface area (TPSA) is 42.2 Å². The highest BCUT2D eigenvalue weighted by atomic mass is 32.1. The van der Waals surface area contributed by atoms with E-state index in [1.54, 1.807) is 11.5 Å². The lowest BCUT2D eigenvalue weighted by atomic mass is 9.93. The molecule has 2 heterocycles. The molecular formula is C13H21N3S. The standard InChI is InChI=1S/C13H21N3S/c1-8-5-6-16(9(2)7-8)13-11(10-3-4-10)12(14)15-17-13/h8-10H,3-7H2,1-2H3,(H2,14,15). The molecule has 0 amide bonds. The summed E-state index contributed by atoms with van der Waals surface area (Å²) in [6.07, 6.45) is 5.19. The minimum absolute atomic E-state index is 0.635. The van der Waals surface area contributed by atoms with Crippen LogP contribution < -0.4 is 10.6 Å². The maximum absolute atomic E-state index is 6.03. The van der Waals surface area contributed by atoms with Crippen LogP contribution >= 0.6 is 11.5 Å². The molecule has 1 aliphatic carbocycles. The fourth-order valence-electron chi connectivity index (χ4n) is 2.97. The summed E-state index contributed by atoms with van der Waals surface area (Å²) in [5.74, 6) is 2.35. The van der Waals surface area contributed by atoms with Crippen molar-refractivity contribution in [2.24, 2.45) is 5.92 Å². The number of nitrogens with zero attached hydrogens (tertiary/aromatic N) is 2. The Morgan fingerprint density at radius 2 is 2.06 bits per heavy atom. The summed E-state index contributed by atoms with van der Waals surface area (Å²) in [5, 5.41) is 1.37. The van der Waals surface area contributed by atoms with Crippen molar-refractivity contribution in [3.05, 3.63) is 5.56 Å². The molecule has 0 radical (unpaired) electrons. The Kier molecular flexibility index (Phi) is 2.77. The molecule has 4 heteroatoms. The Hall–Kier alpha value is -0.770. The molecule has 0 bridgehead atoms. The Morgan fingerprint density at radius 1 is 1.29 bits per heavy atom. The molecular weight excluding hydrogens is 230 g/mol. The van der Waals surface area contributed by atoms with Crippen molar-refractivity contribution in [3.63, 3.8) is 0 Å². The maximum atomic E-state index is 6.03. The van der Waals surface area contributed by atoms with Crippen molar-refractivity contribution >= 4 is 22.4 Å². The van der Waals surface area contributed by atoms with Crippen molar-refractivity contribution in [3.8, 4) is 0 Å². The zero-order chi connectivity index (χ0) is 12.0. The Labute approximate surface area is 107 Å². The van der Waals surface area contributed by atoms with Crippen LogP contribution in [0.3, 0.4) is 0 Å². The summed E-state index contributed by atoms with van der Waals surface area (Å²) in [4.78, 5) is 2.54. The highest BCUT2D eigenvalue weighted by Gasteiger charge is 2.34. The van der Waals surface area contributed by atoms with Crippen LogP contribution in [0.1, 0.15) is 51.0 Å². The van der Waals surface area contributed by atoms with Gasteiger partial charge in [-0.15, -0.1) is 0 Å². The second-order valence-electron chi connectivity index (χ2n) is 5.73. The van der Waals surface area contributed by atoms with E-state index in [1.807, 2.05) is 0 Å². The fraction of sp³-hybridized carbons (Fsp3) is 0.769. The van der Waals surface area contributed by atoms with E-state index in [0.29, 0.717) is 12.0 Å². The Balaban J connectivity index is 1.88. The highest BCUT2D eigenvalue weighted by Crippen LogP contribution is 2.49. The van der Waals surface area contributed by atoms with Crippen molar-refractivity contribution in [1.82, 2.24) is 4.37 Å². The number of hydrogen-bond acceptors (Lipinski definition) is 4. The fourth-order valence-corrected chi connectivity index (χ4v) is 4.00. The lowest BCUT2D eigenvalue weighted by Crippen LogP contribution is -2.40. The molecule has 1 saturated heterocycles. The molecule has 2 atom stereocenters. The SMILES string of the molecule is CC1CCN(c2snc(N)c2C2CC2)C(C)C1. The monoisotopic (exact) mass is 251 g/mol. The van der Waals surface area contributed by atoms with E-state index in [9.17, 15) is 0 Å². The molecule has 94 valence electrons. The van der Waals surface area contributed by atoms with Crippen LogP contribution in [0, 0.1) is 5.92 Å². The zero-order valence-corrected chi connectivity index (χ0v) is 11.5. The van der Waals surface area contributed by atoms with Gasteiger partial charge in [0.05, 0.1) is 0 Å². The molecule has 3 nitrogen and oxygen atoms in total. The van der Waals surface area contributed by atoms with Crippen molar-refractivity contribution in [1.29, 1.82) is 0 Å². The van der Waals surface area contributed by atoms with Crippen molar-refractivity contribution < 1.29 is 0 Å². The number of anilines is 2. The van der Waals surface area contributed by atoms with Gasteiger partial charge in [0, 0.05) is 18.2 Å². The number of piperidine rings is 1. The normalized spacial score (nSPS) is 29.6. The van der Waals surface area contributed by atoms with Crippen LogP contribution in [0.2, 0.25) is 0 Å². The zero-order valence-electron chi connectivity index (χ0n) is 10.6. The molecule has 2 fully saturated rings. The van der Waals surface area contributed by atoms with Gasteiger partial charge in [-0.2, -0.15) is 4.37 Å². The minimum atomic E-state index is 0.635. The third kappa shape index (κ3) is 2.03. The number of nitrogen functional groups attached to an aromatic ring is 1. The third-order valence-corrected chi connectivity index (χ3v) is 5.04. The van der Waals surface area contributed by atoms with Gasteiger partial charge in [0.15, 0.2) is 0 Å². The number of nitrogens with two attached hydrogens (primary N) is 1. The van der Waals surface area contributed by atoms with Gasteiger partial charge in [-0.3, -0.25) is 0 Å². The second kappa shape index (κ2) is 4.16. The molecule has 0 spiro atoms. The van der Waals surface area contributed by atoms with E-state index in [-0.39, 0.29) is 0 Å². The van der Waals surface area contributed by atoms with E-state index in [1.165, 1.54) is 42.8 Å². The predicted molar refractivity (Wildman–Crippen MR) is 73.7 cm³/mol. The minimum Gasteiger partial charge on any atom is -0.383 e. The first-order chi connectivity index (χ1) is 8.16. The van der Waals surface area contributed by atoms with Crippen LogP contribution in [0.4, 0.5) is 10.8 Å². The first kappa shape index (κ1) is 11.3. The van der Waals surface area contributed by atoms with Crippen molar-refractivity contribution in [2.75, 3.05) is 17.2 Å². The van der Waals surface area contributed by atoms with E-state index >= 15 is 0 Å². The van der Waals surface area contributed by atoms with E-state index < -0.39 is 0 Å². The average molecular weight is 251 g/mol. The molecule has 1 aromatic rings. The molecule has 2 N–H and O–H groups in total. The van der Waals surface area contributed by atoms with Gasteiger partial charge in [0.1, 0.15) is 10.8 Å². The summed E-state index contributed by atoms with van der Waals surface area (Å²) in [6.45, 7) is 5.86. The Morgan fingerprint density at radius 3 is 2.71 bits per heavy atom. The largest absolute Gasteiger partial charge is 0.383 e. The second-order valence-corrected chi connectivity index (χ2v) is 6.48. The highest BCUT2D eigenvalue weighted by molar-refractivity contribution is 7.10. The molecule has 1 aliphatic heterocycles. The number of rotatable bonds is 2. The van der Waals surface area contributed by atoms with Crippen molar-refractivity contribution in [2.45, 2.75) is 51.5 Å².